The first-order valence-electron chi connectivity index (χ1n) is 16.6. The zero-order valence-corrected chi connectivity index (χ0v) is 27.0. The standard InChI is InChI=1S/C41H35N3O5/c1-3-25-11-17-29(18-12-25)43-37(46)32-22-21-31-33(35(32)39(43)48)23-34-38(47)44(42-28-15-9-24(2)10-16-28)40(49)41(34,27-7-5-4-6-8-27)36(31)26-13-19-30(45)20-14-26/h3-21,32-36,42,45H,1,22-23H2,2H3/t32-,33+,34-,35-,36-,41+/m0/s1. The van der Waals surface area contributed by atoms with E-state index in [-0.39, 0.29) is 35.8 Å². The molecule has 2 saturated heterocycles. The smallest absolute Gasteiger partial charge is 0.260 e. The SMILES string of the molecule is C=Cc1ccc(N2C(=O)[C@H]3[C@H](CC=C4[C@H]3C[C@H]3C(=O)N(Nc5ccc(C)cc5)C(=O)[C@@]3(c3ccccc3)[C@H]4c3ccc(O)cc3)C2=O)cc1. The summed E-state index contributed by atoms with van der Waals surface area (Å²) in [5.41, 5.74) is 7.09. The van der Waals surface area contributed by atoms with Crippen LogP contribution in [-0.4, -0.2) is 33.7 Å². The van der Waals surface area contributed by atoms with E-state index in [0.29, 0.717) is 23.4 Å². The van der Waals surface area contributed by atoms with E-state index in [1.807, 2.05) is 79.7 Å². The Morgan fingerprint density at radius 1 is 0.816 bits per heavy atom. The molecule has 244 valence electrons. The van der Waals surface area contributed by atoms with E-state index in [1.54, 1.807) is 42.5 Å². The van der Waals surface area contributed by atoms with Gasteiger partial charge < -0.3 is 5.11 Å². The van der Waals surface area contributed by atoms with Gasteiger partial charge in [0.05, 0.1) is 34.5 Å². The molecule has 0 bridgehead atoms. The monoisotopic (exact) mass is 649 g/mol. The van der Waals surface area contributed by atoms with Crippen LogP contribution in [0.1, 0.15) is 41.0 Å². The fourth-order valence-electron chi connectivity index (χ4n) is 8.80. The Labute approximate surface area is 284 Å². The second kappa shape index (κ2) is 11.4. The lowest BCUT2D eigenvalue weighted by Gasteiger charge is -2.50. The molecule has 2 aliphatic carbocycles. The highest BCUT2D eigenvalue weighted by Gasteiger charge is 2.70. The normalized spacial score (nSPS) is 27.4. The summed E-state index contributed by atoms with van der Waals surface area (Å²) in [6.07, 6.45) is 4.29. The number of hydrogen-bond acceptors (Lipinski definition) is 6. The van der Waals surface area contributed by atoms with Crippen LogP contribution < -0.4 is 10.3 Å². The second-order valence-corrected chi connectivity index (χ2v) is 13.5. The summed E-state index contributed by atoms with van der Waals surface area (Å²) in [7, 11) is 0. The van der Waals surface area contributed by atoms with Crippen LogP contribution in [0, 0.1) is 30.6 Å². The predicted octanol–water partition coefficient (Wildman–Crippen LogP) is 6.53. The molecule has 2 N–H and O–H groups in total. The Balaban J connectivity index is 1.29. The highest BCUT2D eigenvalue weighted by Crippen LogP contribution is 2.64. The third-order valence-corrected chi connectivity index (χ3v) is 11.0. The van der Waals surface area contributed by atoms with Crippen LogP contribution in [0.2, 0.25) is 0 Å². The average molecular weight is 650 g/mol. The first-order chi connectivity index (χ1) is 23.7. The van der Waals surface area contributed by atoms with E-state index in [1.165, 1.54) is 4.90 Å². The molecule has 2 aliphatic heterocycles. The highest BCUT2D eigenvalue weighted by atomic mass is 16.3. The number of allylic oxidation sites excluding steroid dienone is 2. The molecule has 0 radical (unpaired) electrons. The average Bonchev–Trinajstić information content (AvgIpc) is 3.51. The number of nitrogens with one attached hydrogen (secondary N) is 1. The summed E-state index contributed by atoms with van der Waals surface area (Å²) in [5.74, 6) is -4.47. The Bertz CT molecular complexity index is 2040. The summed E-state index contributed by atoms with van der Waals surface area (Å²) in [4.78, 5) is 59.5. The number of phenols is 1. The van der Waals surface area contributed by atoms with Crippen molar-refractivity contribution < 1.29 is 24.3 Å². The van der Waals surface area contributed by atoms with Crippen LogP contribution in [-0.2, 0) is 24.6 Å². The number of aryl methyl sites for hydroxylation is 1. The summed E-state index contributed by atoms with van der Waals surface area (Å²) < 4.78 is 0. The maximum absolute atomic E-state index is 15.1. The maximum Gasteiger partial charge on any atom is 0.260 e. The molecule has 0 aromatic heterocycles. The van der Waals surface area contributed by atoms with Gasteiger partial charge in [-0.15, -0.1) is 0 Å². The number of benzene rings is 4. The number of phenolic OH excluding ortho intramolecular Hbond substituents is 1. The molecule has 49 heavy (non-hydrogen) atoms. The quantitative estimate of drug-likeness (QED) is 0.182. The van der Waals surface area contributed by atoms with Crippen molar-refractivity contribution in [1.29, 1.82) is 0 Å². The third-order valence-electron chi connectivity index (χ3n) is 11.0. The molecule has 8 rings (SSSR count). The largest absolute Gasteiger partial charge is 0.508 e. The second-order valence-electron chi connectivity index (χ2n) is 13.5. The van der Waals surface area contributed by atoms with Gasteiger partial charge in [0.1, 0.15) is 5.75 Å². The zero-order valence-electron chi connectivity index (χ0n) is 27.0. The van der Waals surface area contributed by atoms with Crippen molar-refractivity contribution in [3.8, 4) is 5.75 Å². The van der Waals surface area contributed by atoms with E-state index in [0.717, 1.165) is 27.3 Å². The van der Waals surface area contributed by atoms with E-state index >= 15 is 4.79 Å². The van der Waals surface area contributed by atoms with E-state index in [2.05, 4.69) is 12.0 Å². The Morgan fingerprint density at radius 3 is 2.18 bits per heavy atom. The highest BCUT2D eigenvalue weighted by molar-refractivity contribution is 6.22. The predicted molar refractivity (Wildman–Crippen MR) is 186 cm³/mol. The van der Waals surface area contributed by atoms with Crippen LogP contribution in [0.5, 0.6) is 5.75 Å². The van der Waals surface area contributed by atoms with Crippen LogP contribution in [0.3, 0.4) is 0 Å². The number of aromatic hydroxyl groups is 1. The minimum atomic E-state index is -1.35. The first-order valence-corrected chi connectivity index (χ1v) is 16.6. The van der Waals surface area contributed by atoms with Gasteiger partial charge in [0.2, 0.25) is 11.8 Å². The van der Waals surface area contributed by atoms with Gasteiger partial charge in [-0.25, -0.2) is 0 Å². The lowest BCUT2D eigenvalue weighted by atomic mass is 9.49. The van der Waals surface area contributed by atoms with Crippen LogP contribution in [0.4, 0.5) is 11.4 Å². The van der Waals surface area contributed by atoms with Crippen molar-refractivity contribution in [2.75, 3.05) is 10.3 Å². The molecule has 3 fully saturated rings. The maximum atomic E-state index is 15.1. The lowest BCUT2D eigenvalue weighted by molar-refractivity contribution is -0.138. The van der Waals surface area contributed by atoms with Crippen molar-refractivity contribution >= 4 is 41.1 Å². The van der Waals surface area contributed by atoms with E-state index in [9.17, 15) is 19.5 Å². The zero-order chi connectivity index (χ0) is 34.0. The minimum Gasteiger partial charge on any atom is -0.508 e. The molecule has 4 aliphatic rings. The fourth-order valence-corrected chi connectivity index (χ4v) is 8.80. The van der Waals surface area contributed by atoms with Crippen LogP contribution in [0.15, 0.2) is 121 Å². The van der Waals surface area contributed by atoms with Crippen molar-refractivity contribution in [3.63, 3.8) is 0 Å². The van der Waals surface area contributed by atoms with Gasteiger partial charge in [-0.2, -0.15) is 5.01 Å². The van der Waals surface area contributed by atoms with Crippen molar-refractivity contribution in [3.05, 3.63) is 144 Å². The number of hydrogen-bond donors (Lipinski definition) is 2. The molecule has 8 nitrogen and oxygen atoms in total. The fraction of sp³-hybridized carbons (Fsp3) is 0.220. The number of amides is 4. The Morgan fingerprint density at radius 2 is 1.51 bits per heavy atom. The Hall–Kier alpha value is -5.76. The number of hydrazine groups is 1. The molecule has 0 spiro atoms. The van der Waals surface area contributed by atoms with Gasteiger partial charge in [0.25, 0.3) is 11.8 Å². The molecule has 1 saturated carbocycles. The minimum absolute atomic E-state index is 0.0743. The molecule has 4 aromatic carbocycles. The van der Waals surface area contributed by atoms with E-state index < -0.39 is 35.0 Å². The Kier molecular flexibility index (Phi) is 7.14. The van der Waals surface area contributed by atoms with Gasteiger partial charge >= 0.3 is 0 Å². The first kappa shape index (κ1) is 30.6. The number of anilines is 2. The third kappa shape index (κ3) is 4.50. The van der Waals surface area contributed by atoms with E-state index in [4.69, 9.17) is 0 Å². The topological polar surface area (TPSA) is 107 Å². The number of imide groups is 2. The number of fused-ring (bicyclic) bond motifs is 4. The van der Waals surface area contributed by atoms with Crippen LogP contribution in [0.25, 0.3) is 6.08 Å². The lowest BCUT2D eigenvalue weighted by Crippen LogP contribution is -2.53. The molecular weight excluding hydrogens is 614 g/mol. The van der Waals surface area contributed by atoms with Crippen molar-refractivity contribution in [2.45, 2.75) is 31.1 Å². The number of carbonyl (C=O) groups is 4. The molecule has 4 aromatic rings. The summed E-state index contributed by atoms with van der Waals surface area (Å²) in [6.45, 7) is 5.76. The van der Waals surface area contributed by atoms with Crippen molar-refractivity contribution in [1.82, 2.24) is 5.01 Å². The molecular formula is C41H35N3O5. The van der Waals surface area contributed by atoms with Gasteiger partial charge in [-0.05, 0) is 78.8 Å². The number of nitrogens with zero attached hydrogens (tertiary/aromatic N) is 2. The summed E-state index contributed by atoms with van der Waals surface area (Å²) in [5, 5.41) is 11.4. The molecule has 6 atom stereocenters. The summed E-state index contributed by atoms with van der Waals surface area (Å²) in [6, 6.07) is 30.8. The van der Waals surface area contributed by atoms with Gasteiger partial charge in [0, 0.05) is 5.92 Å². The molecule has 8 heteroatoms. The summed E-state index contributed by atoms with van der Waals surface area (Å²) >= 11 is 0. The van der Waals surface area contributed by atoms with Crippen molar-refractivity contribution in [2.24, 2.45) is 23.7 Å². The van der Waals surface area contributed by atoms with Gasteiger partial charge in [-0.3, -0.25) is 29.5 Å². The van der Waals surface area contributed by atoms with Crippen LogP contribution >= 0.6 is 0 Å². The molecule has 0 unspecified atom stereocenters. The molecule has 4 amide bonds. The number of rotatable bonds is 6. The van der Waals surface area contributed by atoms with Gasteiger partial charge in [0.15, 0.2) is 0 Å². The number of carbonyl (C=O) groups excluding carboxylic acids is 4. The van der Waals surface area contributed by atoms with Gasteiger partial charge in [-0.1, -0.05) is 96.6 Å². The molecule has 2 heterocycles.